The number of aromatic carboxylic acids is 1. The van der Waals surface area contributed by atoms with Crippen LogP contribution < -0.4 is 10.7 Å². The maximum atomic E-state index is 11.8. The van der Waals surface area contributed by atoms with Crippen molar-refractivity contribution in [1.82, 2.24) is 12.2 Å². The molecule has 0 saturated heterocycles. The zero-order valence-corrected chi connectivity index (χ0v) is 30.3. The van der Waals surface area contributed by atoms with Gasteiger partial charge in [-0.25, -0.2) is 4.79 Å². The number of hydrogen-bond acceptors (Lipinski definition) is 6. The number of pyridine rings is 1. The molecular weight excluding hydrogens is 702 g/mol. The zero-order valence-electron chi connectivity index (χ0n) is 29.2. The maximum absolute atomic E-state index is 11.8. The van der Waals surface area contributed by atoms with E-state index in [4.69, 9.17) is 15.1 Å². The van der Waals surface area contributed by atoms with Crippen LogP contribution in [0.1, 0.15) is 77.1 Å². The van der Waals surface area contributed by atoms with Crippen molar-refractivity contribution in [3.8, 4) is 0 Å². The Kier molecular flexibility index (Phi) is 9.97. The van der Waals surface area contributed by atoms with Crippen molar-refractivity contribution in [2.75, 3.05) is 0 Å². The summed E-state index contributed by atoms with van der Waals surface area (Å²) >= 11 is 0.463. The van der Waals surface area contributed by atoms with E-state index in [1.165, 1.54) is 18.5 Å². The van der Waals surface area contributed by atoms with E-state index in [1.807, 2.05) is 39.0 Å². The topological polar surface area (TPSA) is 159 Å². The second kappa shape index (κ2) is 14.4. The predicted molar refractivity (Wildman–Crippen MR) is 198 cm³/mol. The van der Waals surface area contributed by atoms with Crippen LogP contribution in [0.3, 0.4) is 0 Å². The number of nitrogens with zero attached hydrogens (tertiary/aromatic N) is 5. The quantitative estimate of drug-likeness (QED) is 0.244. The molecule has 0 aliphatic carbocycles. The van der Waals surface area contributed by atoms with Crippen molar-refractivity contribution in [1.29, 1.82) is 0 Å². The first kappa shape index (κ1) is 36.0. The first-order valence-corrected chi connectivity index (χ1v) is 17.5. The molecule has 0 saturated carbocycles. The monoisotopic (exact) mass is 739 g/mol. The number of carboxylic acids is 3. The van der Waals surface area contributed by atoms with Gasteiger partial charge in [0.1, 0.15) is 0 Å². The van der Waals surface area contributed by atoms with Crippen LogP contribution in [0.5, 0.6) is 0 Å². The first-order chi connectivity index (χ1) is 24.8. The number of aliphatic imine (C=N–C) groups is 2. The van der Waals surface area contributed by atoms with Crippen LogP contribution in [0, 0.1) is 13.8 Å². The second-order valence-corrected chi connectivity index (χ2v) is 13.7. The second-order valence-electron chi connectivity index (χ2n) is 12.5. The molecule has 4 aliphatic heterocycles. The minimum atomic E-state index is -0.942. The van der Waals surface area contributed by atoms with Crippen molar-refractivity contribution < 1.29 is 45.1 Å². The molecule has 3 aromatic heterocycles. The summed E-state index contributed by atoms with van der Waals surface area (Å²) in [7, 11) is 0. The molecule has 52 heavy (non-hydrogen) atoms. The van der Waals surface area contributed by atoms with E-state index in [-0.39, 0.29) is 18.4 Å². The molecule has 11 nitrogen and oxygen atoms in total. The fourth-order valence-electron chi connectivity index (χ4n) is 6.63. The minimum absolute atomic E-state index is 0.0140. The zero-order chi connectivity index (χ0) is 37.4. The third-order valence-electron chi connectivity index (χ3n) is 9.45. The molecule has 6 bridgehead atoms. The van der Waals surface area contributed by atoms with E-state index in [9.17, 15) is 24.6 Å². The van der Waals surface area contributed by atoms with E-state index in [0.29, 0.717) is 33.9 Å². The van der Waals surface area contributed by atoms with Crippen LogP contribution in [-0.4, -0.2) is 56.8 Å². The van der Waals surface area contributed by atoms with Crippen LogP contribution in [0.15, 0.2) is 87.4 Å². The van der Waals surface area contributed by atoms with Gasteiger partial charge in [-0.3, -0.25) is 4.98 Å². The van der Waals surface area contributed by atoms with E-state index in [1.54, 1.807) is 6.07 Å². The molecule has 266 valence electrons. The summed E-state index contributed by atoms with van der Waals surface area (Å²) in [5.41, 5.74) is 13.1. The molecule has 12 heteroatoms. The standard InChI is InChI=1S/C34H34N4O4.C6H5NO2.Fe/c1-7-21-17(3)25-13-26-19(5)23(9-11-33(39)40)31(37-26)16-32-24(10-12-34(41)42)20(6)28(38-32)15-30-22(8-2)18(4)27(36-30)14-29(21)35-25;8-6(9)5-2-1-3-7-4-5;/h7-8,13-16H,1-2,9-12H2,3-6H3,(H4,35,36,37,38,39,40,41,42);1-4H,(H,8,9);/q;;+2/p-2/b25-13?,26-13-,27-14?,28-15-,29-14-,30-15?,31-16-,32-16?;;. The van der Waals surface area contributed by atoms with Gasteiger partial charge in [0, 0.05) is 12.4 Å². The summed E-state index contributed by atoms with van der Waals surface area (Å²) in [5.74, 6) is -2.68. The van der Waals surface area contributed by atoms with Crippen LogP contribution in [0.2, 0.25) is 0 Å². The Bertz CT molecular complexity index is 2430. The summed E-state index contributed by atoms with van der Waals surface area (Å²) < 4.78 is 4.47. The molecule has 0 amide bonds. The third kappa shape index (κ3) is 6.54. The summed E-state index contributed by atoms with van der Waals surface area (Å²) in [6.07, 6.45) is 15.5. The molecular formula is C40H37FeN5O6. The Hall–Kier alpha value is -5.84. The first-order valence-electron chi connectivity index (χ1n) is 16.5. The fourth-order valence-corrected chi connectivity index (χ4v) is 8.26. The van der Waals surface area contributed by atoms with Crippen molar-refractivity contribution in [3.63, 3.8) is 0 Å². The number of rotatable bonds is 9. The van der Waals surface area contributed by atoms with Crippen molar-refractivity contribution in [3.05, 3.63) is 127 Å². The number of carboxylic acid groups (broad SMARTS) is 3. The van der Waals surface area contributed by atoms with E-state index < -0.39 is 17.9 Å². The summed E-state index contributed by atoms with van der Waals surface area (Å²) in [6, 6.07) is 3.08. The minimum Gasteiger partial charge on any atom is -0.478 e. The smallest absolute Gasteiger partial charge is 0.337 e. The van der Waals surface area contributed by atoms with Crippen LogP contribution in [0.25, 0.3) is 30.4 Å². The molecule has 0 unspecified atom stereocenters. The number of allylic oxidation sites excluding steroid dienone is 4. The molecule has 7 rings (SSSR count). The number of aliphatic carboxylic acids is 2. The van der Waals surface area contributed by atoms with E-state index in [0.717, 1.165) is 83.7 Å². The van der Waals surface area contributed by atoms with E-state index in [2.05, 4.69) is 50.5 Å². The largest absolute Gasteiger partial charge is 0.478 e. The SMILES string of the molecule is C=CC1=C(C)C2=NC/1=C\c1c(C)c(C=C)c3[n]1[Fe][n]1/c(c(C)c(CCC(=O)O)/c1=C/C1=NC(=C\3)/C(C)=C1CCC(=O)O)=C\2.O=C(O)c1cccnc1. The van der Waals surface area contributed by atoms with Crippen LogP contribution >= 0.6 is 0 Å². The van der Waals surface area contributed by atoms with E-state index >= 15 is 0 Å². The molecule has 0 aromatic carbocycles. The average Bonchev–Trinajstić information content (AvgIpc) is 3.74. The molecule has 0 spiro atoms. The van der Waals surface area contributed by atoms with Gasteiger partial charge in [-0.05, 0) is 12.1 Å². The van der Waals surface area contributed by atoms with Gasteiger partial charge in [0.05, 0.1) is 5.56 Å². The summed E-state index contributed by atoms with van der Waals surface area (Å²) in [5, 5.41) is 29.3. The Balaban J connectivity index is 0.000000451. The Labute approximate surface area is 306 Å². The molecule has 7 heterocycles. The van der Waals surface area contributed by atoms with Gasteiger partial charge in [0.2, 0.25) is 0 Å². The Morgan fingerprint density at radius 2 is 1.46 bits per heavy atom. The fraction of sp³-hybridized carbons (Fsp3) is 0.200. The molecule has 0 radical (unpaired) electrons. The summed E-state index contributed by atoms with van der Waals surface area (Å²) in [6.45, 7) is 16.4. The van der Waals surface area contributed by atoms with Gasteiger partial charge in [0.15, 0.2) is 0 Å². The summed E-state index contributed by atoms with van der Waals surface area (Å²) in [4.78, 5) is 47.2. The Morgan fingerprint density at radius 1 is 0.788 bits per heavy atom. The molecule has 4 aliphatic rings. The predicted octanol–water partition coefficient (Wildman–Crippen LogP) is 5.52. The van der Waals surface area contributed by atoms with Gasteiger partial charge in [-0.2, -0.15) is 0 Å². The number of carbonyl (C=O) groups is 3. The molecule has 0 atom stereocenters. The van der Waals surface area contributed by atoms with Gasteiger partial charge in [-0.1, -0.05) is 0 Å². The third-order valence-corrected chi connectivity index (χ3v) is 11.0. The molecule has 3 N–H and O–H groups in total. The van der Waals surface area contributed by atoms with Gasteiger partial charge >= 0.3 is 263 Å². The molecule has 3 aromatic rings. The van der Waals surface area contributed by atoms with Gasteiger partial charge in [-0.15, -0.1) is 0 Å². The number of aromatic nitrogens is 3. The normalized spacial score (nSPS) is 18.7. The Morgan fingerprint density at radius 3 is 2.08 bits per heavy atom. The number of hydrogen-bond donors (Lipinski definition) is 3. The van der Waals surface area contributed by atoms with Crippen molar-refractivity contribution in [2.45, 2.75) is 53.4 Å². The maximum Gasteiger partial charge on any atom is 0.337 e. The van der Waals surface area contributed by atoms with Crippen LogP contribution in [-0.2, 0) is 31.4 Å². The molecule has 0 fully saturated rings. The van der Waals surface area contributed by atoms with Gasteiger partial charge < -0.3 is 5.11 Å². The van der Waals surface area contributed by atoms with Crippen molar-refractivity contribution >= 4 is 59.7 Å². The van der Waals surface area contributed by atoms with Crippen LogP contribution in [0.4, 0.5) is 0 Å². The number of fused-ring (bicyclic) bond motifs is 2. The van der Waals surface area contributed by atoms with Crippen molar-refractivity contribution in [2.24, 2.45) is 9.98 Å². The average molecular weight is 740 g/mol. The van der Waals surface area contributed by atoms with Gasteiger partial charge in [0.25, 0.3) is 0 Å².